The summed E-state index contributed by atoms with van der Waals surface area (Å²) in [6, 6.07) is 34.1. The van der Waals surface area contributed by atoms with Crippen LogP contribution < -0.4 is 10.1 Å². The molecular formula is C31H25N5O2S2. The van der Waals surface area contributed by atoms with Gasteiger partial charge in [-0.1, -0.05) is 90.6 Å². The van der Waals surface area contributed by atoms with Gasteiger partial charge in [0.05, 0.1) is 5.75 Å². The van der Waals surface area contributed by atoms with E-state index in [9.17, 15) is 4.79 Å². The summed E-state index contributed by atoms with van der Waals surface area (Å²) in [5, 5.41) is 15.3. The SMILES string of the molecule is O=C(CSc1nnc(COc2ccccc2)n1-c1ccccc1)Nc1ncc(Cc2cccc3ccccc23)s1. The van der Waals surface area contributed by atoms with E-state index in [1.54, 1.807) is 0 Å². The molecule has 2 heterocycles. The average molecular weight is 564 g/mol. The van der Waals surface area contributed by atoms with Crippen molar-refractivity contribution in [1.82, 2.24) is 19.7 Å². The Labute approximate surface area is 239 Å². The lowest BCUT2D eigenvalue weighted by Gasteiger charge is -2.11. The first-order valence-corrected chi connectivity index (χ1v) is 14.5. The van der Waals surface area contributed by atoms with Crippen molar-refractivity contribution < 1.29 is 9.53 Å². The minimum Gasteiger partial charge on any atom is -0.486 e. The number of hydrogen-bond acceptors (Lipinski definition) is 7. The fourth-order valence-electron chi connectivity index (χ4n) is 4.36. The molecule has 0 aliphatic heterocycles. The first-order chi connectivity index (χ1) is 19.7. The highest BCUT2D eigenvalue weighted by atomic mass is 32.2. The van der Waals surface area contributed by atoms with E-state index in [-0.39, 0.29) is 18.3 Å². The molecule has 0 aliphatic rings. The predicted molar refractivity (Wildman–Crippen MR) is 160 cm³/mol. The summed E-state index contributed by atoms with van der Waals surface area (Å²) < 4.78 is 7.85. The molecule has 0 saturated carbocycles. The highest BCUT2D eigenvalue weighted by molar-refractivity contribution is 7.99. The molecule has 0 atom stereocenters. The van der Waals surface area contributed by atoms with E-state index in [0.717, 1.165) is 22.7 Å². The summed E-state index contributed by atoms with van der Waals surface area (Å²) in [5.41, 5.74) is 2.14. The van der Waals surface area contributed by atoms with Gasteiger partial charge in [0.1, 0.15) is 12.4 Å². The number of anilines is 1. The number of aromatic nitrogens is 4. The van der Waals surface area contributed by atoms with Gasteiger partial charge in [0.15, 0.2) is 16.1 Å². The number of benzene rings is 4. The Morgan fingerprint density at radius 3 is 2.48 bits per heavy atom. The summed E-state index contributed by atoms with van der Waals surface area (Å²) in [7, 11) is 0. The van der Waals surface area contributed by atoms with Crippen LogP contribution in [0.15, 0.2) is 114 Å². The number of amides is 1. The van der Waals surface area contributed by atoms with Crippen molar-refractivity contribution in [1.29, 1.82) is 0 Å². The summed E-state index contributed by atoms with van der Waals surface area (Å²) in [4.78, 5) is 18.4. The highest BCUT2D eigenvalue weighted by Crippen LogP contribution is 2.27. The zero-order valence-electron chi connectivity index (χ0n) is 21.4. The third-order valence-corrected chi connectivity index (χ3v) is 8.04. The molecule has 7 nitrogen and oxygen atoms in total. The number of thiazole rings is 1. The molecule has 4 aromatic carbocycles. The molecule has 40 heavy (non-hydrogen) atoms. The van der Waals surface area contributed by atoms with Gasteiger partial charge < -0.3 is 10.1 Å². The van der Waals surface area contributed by atoms with Crippen LogP contribution in [0.25, 0.3) is 16.5 Å². The molecule has 0 bridgehead atoms. The van der Waals surface area contributed by atoms with Crippen LogP contribution in [-0.2, 0) is 17.8 Å². The maximum absolute atomic E-state index is 12.8. The topological polar surface area (TPSA) is 81.9 Å². The van der Waals surface area contributed by atoms with E-state index in [2.05, 4.69) is 56.9 Å². The Balaban J connectivity index is 1.11. The second-order valence-electron chi connectivity index (χ2n) is 8.96. The highest BCUT2D eigenvalue weighted by Gasteiger charge is 2.17. The van der Waals surface area contributed by atoms with Crippen molar-refractivity contribution in [3.8, 4) is 11.4 Å². The van der Waals surface area contributed by atoms with Crippen molar-refractivity contribution in [2.75, 3.05) is 11.1 Å². The first kappa shape index (κ1) is 25.8. The molecule has 0 aliphatic carbocycles. The van der Waals surface area contributed by atoms with Crippen LogP contribution in [-0.4, -0.2) is 31.4 Å². The van der Waals surface area contributed by atoms with Gasteiger partial charge in [0, 0.05) is 23.2 Å². The molecule has 198 valence electrons. The second kappa shape index (κ2) is 12.1. The molecule has 0 unspecified atom stereocenters. The van der Waals surface area contributed by atoms with Crippen LogP contribution in [0.5, 0.6) is 5.75 Å². The minimum absolute atomic E-state index is 0.152. The minimum atomic E-state index is -0.152. The van der Waals surface area contributed by atoms with Crippen LogP contribution in [0.1, 0.15) is 16.3 Å². The third-order valence-electron chi connectivity index (χ3n) is 6.20. The molecule has 2 aromatic heterocycles. The van der Waals surface area contributed by atoms with Gasteiger partial charge in [-0.2, -0.15) is 0 Å². The monoisotopic (exact) mass is 563 g/mol. The quantitative estimate of drug-likeness (QED) is 0.185. The van der Waals surface area contributed by atoms with E-state index in [4.69, 9.17) is 4.74 Å². The molecule has 0 radical (unpaired) electrons. The molecule has 0 fully saturated rings. The Morgan fingerprint density at radius 1 is 0.875 bits per heavy atom. The molecule has 1 N–H and O–H groups in total. The van der Waals surface area contributed by atoms with Crippen molar-refractivity contribution in [2.24, 2.45) is 0 Å². The van der Waals surface area contributed by atoms with Gasteiger partial charge in [-0.15, -0.1) is 21.5 Å². The Bertz CT molecular complexity index is 1730. The van der Waals surface area contributed by atoms with E-state index in [0.29, 0.717) is 16.1 Å². The number of nitrogens with one attached hydrogen (secondary N) is 1. The lowest BCUT2D eigenvalue weighted by atomic mass is 10.0. The summed E-state index contributed by atoms with van der Waals surface area (Å²) in [6.07, 6.45) is 2.60. The zero-order chi connectivity index (χ0) is 27.1. The molecule has 1 amide bonds. The van der Waals surface area contributed by atoms with Gasteiger partial charge in [0.25, 0.3) is 0 Å². The maximum atomic E-state index is 12.8. The number of carbonyl (C=O) groups is 1. The lowest BCUT2D eigenvalue weighted by molar-refractivity contribution is -0.113. The van der Waals surface area contributed by atoms with E-state index < -0.39 is 0 Å². The van der Waals surface area contributed by atoms with Crippen molar-refractivity contribution in [3.05, 3.63) is 126 Å². The van der Waals surface area contributed by atoms with Crippen LogP contribution in [0.4, 0.5) is 5.13 Å². The summed E-state index contributed by atoms with van der Waals surface area (Å²) in [6.45, 7) is 0.247. The number of thioether (sulfide) groups is 1. The van der Waals surface area contributed by atoms with E-state index in [1.165, 1.54) is 39.4 Å². The zero-order valence-corrected chi connectivity index (χ0v) is 23.1. The standard InChI is InChI=1S/C31H25N5O2S2/c37-29(33-30-32-19-26(40-30)18-23-12-9-11-22-10-7-8-17-27(22)23)21-39-31-35-34-28(20-38-25-15-5-2-6-16-25)36(31)24-13-3-1-4-14-24/h1-17,19H,18,20-21H2,(H,32,33,37). The van der Waals surface area contributed by atoms with Crippen LogP contribution in [0.3, 0.4) is 0 Å². The molecule has 0 saturated heterocycles. The number of rotatable bonds is 10. The average Bonchev–Trinajstić information content (AvgIpc) is 3.62. The number of fused-ring (bicyclic) bond motifs is 1. The van der Waals surface area contributed by atoms with Gasteiger partial charge >= 0.3 is 0 Å². The van der Waals surface area contributed by atoms with Gasteiger partial charge in [-0.25, -0.2) is 4.98 Å². The van der Waals surface area contributed by atoms with Crippen LogP contribution in [0.2, 0.25) is 0 Å². The third kappa shape index (κ3) is 6.06. The van der Waals surface area contributed by atoms with Crippen LogP contribution in [0, 0.1) is 0 Å². The Morgan fingerprint density at radius 2 is 1.62 bits per heavy atom. The summed E-state index contributed by atoms with van der Waals surface area (Å²) in [5.74, 6) is 1.42. The summed E-state index contributed by atoms with van der Waals surface area (Å²) >= 11 is 2.81. The van der Waals surface area contributed by atoms with Crippen molar-refractivity contribution in [3.63, 3.8) is 0 Å². The van der Waals surface area contributed by atoms with Gasteiger partial charge in [-0.05, 0) is 40.6 Å². The van der Waals surface area contributed by atoms with E-state index in [1.807, 2.05) is 77.5 Å². The number of nitrogens with zero attached hydrogens (tertiary/aromatic N) is 4. The Kier molecular flexibility index (Phi) is 7.83. The molecule has 0 spiro atoms. The molecule has 6 rings (SSSR count). The first-order valence-electron chi connectivity index (χ1n) is 12.7. The van der Waals surface area contributed by atoms with Gasteiger partial charge in [-0.3, -0.25) is 9.36 Å². The van der Waals surface area contributed by atoms with Crippen LogP contribution >= 0.6 is 23.1 Å². The number of ether oxygens (including phenoxy) is 1. The number of hydrogen-bond donors (Lipinski definition) is 1. The molecule has 6 aromatic rings. The Hall–Kier alpha value is -4.47. The fraction of sp³-hybridized carbons (Fsp3) is 0.0968. The molecule has 9 heteroatoms. The van der Waals surface area contributed by atoms with Crippen molar-refractivity contribution in [2.45, 2.75) is 18.2 Å². The second-order valence-corrected chi connectivity index (χ2v) is 11.0. The normalized spacial score (nSPS) is 11.0. The van der Waals surface area contributed by atoms with E-state index >= 15 is 0 Å². The van der Waals surface area contributed by atoms with Crippen molar-refractivity contribution >= 4 is 44.9 Å². The maximum Gasteiger partial charge on any atom is 0.236 e. The molecular weight excluding hydrogens is 539 g/mol. The number of carbonyl (C=O) groups excluding carboxylic acids is 1. The predicted octanol–water partition coefficient (Wildman–Crippen LogP) is 6.78. The van der Waals surface area contributed by atoms with Gasteiger partial charge in [0.2, 0.25) is 5.91 Å². The largest absolute Gasteiger partial charge is 0.486 e. The smallest absolute Gasteiger partial charge is 0.236 e. The lowest BCUT2D eigenvalue weighted by Crippen LogP contribution is -2.14. The fourth-order valence-corrected chi connectivity index (χ4v) is 5.98. The number of para-hydroxylation sites is 2.